The van der Waals surface area contributed by atoms with Gasteiger partial charge in [0.25, 0.3) is 0 Å². The van der Waals surface area contributed by atoms with Gasteiger partial charge >= 0.3 is 0 Å². The topological polar surface area (TPSA) is 49.7 Å². The Morgan fingerprint density at radius 2 is 2.17 bits per heavy atom. The molecule has 0 radical (unpaired) electrons. The fourth-order valence-corrected chi connectivity index (χ4v) is 0.814. The number of hydrogen-bond acceptors (Lipinski definition) is 3. The van der Waals surface area contributed by atoms with Gasteiger partial charge in [-0.05, 0) is 26.0 Å². The van der Waals surface area contributed by atoms with Gasteiger partial charge in [-0.3, -0.25) is 9.79 Å². The smallest absolute Gasteiger partial charge is 0.191 e. The maximum atomic E-state index is 11.0. The van der Waals surface area contributed by atoms with E-state index in [1.54, 1.807) is 0 Å². The van der Waals surface area contributed by atoms with E-state index in [2.05, 4.69) is 4.99 Å². The summed E-state index contributed by atoms with van der Waals surface area (Å²) in [6, 6.07) is 0.138. The third-order valence-corrected chi connectivity index (χ3v) is 1.44. The molecule has 0 aliphatic heterocycles. The van der Waals surface area contributed by atoms with E-state index in [0.717, 1.165) is 0 Å². The van der Waals surface area contributed by atoms with Gasteiger partial charge in [0, 0.05) is 12.3 Å². The van der Waals surface area contributed by atoms with Crippen molar-refractivity contribution in [2.24, 2.45) is 4.99 Å². The van der Waals surface area contributed by atoms with Gasteiger partial charge in [-0.2, -0.15) is 0 Å². The number of allylic oxidation sites excluding steroid dienone is 3. The van der Waals surface area contributed by atoms with Gasteiger partial charge in [0.05, 0.1) is 5.57 Å². The Morgan fingerprint density at radius 1 is 1.50 bits per heavy atom. The largest absolute Gasteiger partial charge is 0.507 e. The minimum absolute atomic E-state index is 0.00407. The van der Waals surface area contributed by atoms with Gasteiger partial charge < -0.3 is 5.11 Å². The average Bonchev–Trinajstić information content (AvgIpc) is 2.28. The Morgan fingerprint density at radius 3 is 2.58 bits per heavy atom. The lowest BCUT2D eigenvalue weighted by molar-refractivity contribution is -0.110. The molecule has 0 aromatic heterocycles. The summed E-state index contributed by atoms with van der Waals surface area (Å²) in [6.45, 7) is 3.81. The van der Waals surface area contributed by atoms with E-state index in [4.69, 9.17) is 5.11 Å². The van der Waals surface area contributed by atoms with E-state index >= 15 is 0 Å². The van der Waals surface area contributed by atoms with Crippen LogP contribution in [0.5, 0.6) is 0 Å². The summed E-state index contributed by atoms with van der Waals surface area (Å²) in [4.78, 5) is 15.0. The first kappa shape index (κ1) is 8.71. The zero-order valence-electron chi connectivity index (χ0n) is 7.11. The van der Waals surface area contributed by atoms with Crippen molar-refractivity contribution in [2.75, 3.05) is 0 Å². The molecule has 0 bridgehead atoms. The minimum Gasteiger partial charge on any atom is -0.507 e. The number of hydrogen-bond donors (Lipinski definition) is 1. The Balaban J connectivity index is 2.78. The molecule has 0 amide bonds. The molecule has 12 heavy (non-hydrogen) atoms. The Kier molecular flexibility index (Phi) is 2.43. The molecular formula is C9H11NO2. The molecular weight excluding hydrogens is 154 g/mol. The summed E-state index contributed by atoms with van der Waals surface area (Å²) >= 11 is 0. The summed E-state index contributed by atoms with van der Waals surface area (Å²) in [5, 5.41) is 9.15. The van der Waals surface area contributed by atoms with Gasteiger partial charge in [0.1, 0.15) is 5.76 Å². The molecule has 1 rings (SSSR count). The number of carbonyl (C=O) groups is 1. The first-order valence-corrected chi connectivity index (χ1v) is 3.80. The Bertz CT molecular complexity index is 285. The molecule has 0 aromatic carbocycles. The van der Waals surface area contributed by atoms with Crippen LogP contribution in [0.1, 0.15) is 13.8 Å². The highest BCUT2D eigenvalue weighted by Gasteiger charge is 2.14. The van der Waals surface area contributed by atoms with E-state index in [-0.39, 0.29) is 23.2 Å². The monoisotopic (exact) mass is 165 g/mol. The van der Waals surface area contributed by atoms with E-state index in [0.29, 0.717) is 0 Å². The molecule has 0 spiro atoms. The van der Waals surface area contributed by atoms with Gasteiger partial charge in [0.2, 0.25) is 0 Å². The van der Waals surface area contributed by atoms with E-state index in [1.165, 1.54) is 18.4 Å². The lowest BCUT2D eigenvalue weighted by Gasteiger charge is -1.95. The van der Waals surface area contributed by atoms with Crippen molar-refractivity contribution < 1.29 is 9.90 Å². The van der Waals surface area contributed by atoms with Crippen molar-refractivity contribution >= 4 is 12.0 Å². The zero-order chi connectivity index (χ0) is 9.14. The molecule has 0 fully saturated rings. The summed E-state index contributed by atoms with van der Waals surface area (Å²) < 4.78 is 0. The third-order valence-electron chi connectivity index (χ3n) is 1.44. The quantitative estimate of drug-likeness (QED) is 0.629. The fraction of sp³-hybridized carbons (Fsp3) is 0.333. The molecule has 0 saturated carbocycles. The summed E-state index contributed by atoms with van der Waals surface area (Å²) in [6.07, 6.45) is 4.13. The van der Waals surface area contributed by atoms with Crippen molar-refractivity contribution in [3.63, 3.8) is 0 Å². The van der Waals surface area contributed by atoms with Crippen molar-refractivity contribution in [1.82, 2.24) is 0 Å². The van der Waals surface area contributed by atoms with E-state index < -0.39 is 0 Å². The molecule has 3 heteroatoms. The lowest BCUT2D eigenvalue weighted by Crippen LogP contribution is -2.00. The number of ketones is 1. The van der Waals surface area contributed by atoms with Crippen LogP contribution in [0.15, 0.2) is 28.5 Å². The van der Waals surface area contributed by atoms with Crippen LogP contribution in [0.2, 0.25) is 0 Å². The lowest BCUT2D eigenvalue weighted by atomic mass is 10.2. The second-order valence-corrected chi connectivity index (χ2v) is 2.87. The molecule has 64 valence electrons. The third kappa shape index (κ3) is 1.81. The van der Waals surface area contributed by atoms with E-state index in [1.807, 2.05) is 13.8 Å². The molecule has 1 N–H and O–H groups in total. The molecule has 0 heterocycles. The molecule has 0 saturated heterocycles. The molecule has 0 unspecified atom stereocenters. The first-order chi connectivity index (χ1) is 5.61. The summed E-state index contributed by atoms with van der Waals surface area (Å²) in [5.74, 6) is -0.179. The number of rotatable bonds is 2. The molecule has 0 aromatic rings. The molecule has 1 aliphatic rings. The fourth-order valence-electron chi connectivity index (χ4n) is 0.814. The second kappa shape index (κ2) is 3.34. The van der Waals surface area contributed by atoms with Crippen LogP contribution in [0.25, 0.3) is 0 Å². The van der Waals surface area contributed by atoms with Crippen LogP contribution in [0.4, 0.5) is 0 Å². The standard InChI is InChI=1S/C9H11NO2/c1-6(2)10-5-7-8(11)3-4-9(7)12/h3-6,11H,1-2H3. The maximum absolute atomic E-state index is 11.0. The highest BCUT2D eigenvalue weighted by atomic mass is 16.3. The Hall–Kier alpha value is -1.38. The number of aliphatic hydroxyl groups excluding tert-OH is 1. The predicted octanol–water partition coefficient (Wildman–Crippen LogP) is 1.42. The van der Waals surface area contributed by atoms with Crippen LogP contribution >= 0.6 is 0 Å². The Labute approximate surface area is 71.1 Å². The highest BCUT2D eigenvalue weighted by Crippen LogP contribution is 2.11. The van der Waals surface area contributed by atoms with Gasteiger partial charge in [-0.25, -0.2) is 0 Å². The zero-order valence-corrected chi connectivity index (χ0v) is 7.11. The maximum Gasteiger partial charge on any atom is 0.191 e. The number of aliphatic hydroxyl groups is 1. The van der Waals surface area contributed by atoms with Crippen LogP contribution in [-0.4, -0.2) is 23.1 Å². The van der Waals surface area contributed by atoms with Crippen molar-refractivity contribution in [3.05, 3.63) is 23.5 Å². The van der Waals surface area contributed by atoms with Crippen LogP contribution in [0, 0.1) is 0 Å². The number of carbonyl (C=O) groups excluding carboxylic acids is 1. The summed E-state index contributed by atoms with van der Waals surface area (Å²) in [7, 11) is 0. The van der Waals surface area contributed by atoms with Crippen molar-refractivity contribution in [2.45, 2.75) is 19.9 Å². The minimum atomic E-state index is -0.183. The van der Waals surface area contributed by atoms with Crippen molar-refractivity contribution in [1.29, 1.82) is 0 Å². The van der Waals surface area contributed by atoms with Crippen LogP contribution in [0.3, 0.4) is 0 Å². The van der Waals surface area contributed by atoms with Crippen molar-refractivity contribution in [3.8, 4) is 0 Å². The summed E-state index contributed by atoms with van der Waals surface area (Å²) in [5.41, 5.74) is 0.281. The van der Waals surface area contributed by atoms with Gasteiger partial charge in [-0.15, -0.1) is 0 Å². The second-order valence-electron chi connectivity index (χ2n) is 2.87. The predicted molar refractivity (Wildman–Crippen MR) is 47.4 cm³/mol. The van der Waals surface area contributed by atoms with Crippen LogP contribution < -0.4 is 0 Å². The molecule has 1 aliphatic carbocycles. The molecule has 0 atom stereocenters. The molecule has 3 nitrogen and oxygen atoms in total. The number of aliphatic imine (C=N–C) groups is 1. The average molecular weight is 165 g/mol. The normalized spacial score (nSPS) is 17.4. The highest BCUT2D eigenvalue weighted by molar-refractivity contribution is 6.21. The first-order valence-electron chi connectivity index (χ1n) is 3.80. The SMILES string of the molecule is CC(C)N=CC1=C(O)C=CC1=O. The van der Waals surface area contributed by atoms with Gasteiger partial charge in [0.15, 0.2) is 5.78 Å². The number of nitrogens with zero attached hydrogens (tertiary/aromatic N) is 1. The van der Waals surface area contributed by atoms with Gasteiger partial charge in [-0.1, -0.05) is 0 Å². The van der Waals surface area contributed by atoms with E-state index in [9.17, 15) is 4.79 Å². The van der Waals surface area contributed by atoms with Crippen LogP contribution in [-0.2, 0) is 4.79 Å².